The molecular weight excluding hydrogens is 208 g/mol. The summed E-state index contributed by atoms with van der Waals surface area (Å²) in [7, 11) is -2.76. The van der Waals surface area contributed by atoms with Crippen LogP contribution in [0.5, 0.6) is 0 Å². The lowest BCUT2D eigenvalue weighted by Gasteiger charge is -2.17. The summed E-state index contributed by atoms with van der Waals surface area (Å²) in [4.78, 5) is 0. The van der Waals surface area contributed by atoms with Crippen LogP contribution in [0.25, 0.3) is 0 Å². The molecule has 1 saturated heterocycles. The quantitative estimate of drug-likeness (QED) is 0.688. The Morgan fingerprint density at radius 2 is 2.08 bits per heavy atom. The summed E-state index contributed by atoms with van der Waals surface area (Å²) in [5, 5.41) is 0.0391. The molecule has 1 fully saturated rings. The van der Waals surface area contributed by atoms with Gasteiger partial charge in [0.05, 0.1) is 11.5 Å². The van der Waals surface area contributed by atoms with Gasteiger partial charge in [0.1, 0.15) is 0 Å². The van der Waals surface area contributed by atoms with Gasteiger partial charge in [-0.2, -0.15) is 0 Å². The fraction of sp³-hybridized carbons (Fsp3) is 1.00. The highest BCUT2D eigenvalue weighted by Gasteiger charge is 2.32. The maximum Gasteiger partial charge on any atom is 0.150 e. The Kier molecular flexibility index (Phi) is 3.64. The van der Waals surface area contributed by atoms with E-state index in [-0.39, 0.29) is 11.3 Å². The third kappa shape index (κ3) is 3.47. The van der Waals surface area contributed by atoms with E-state index in [9.17, 15) is 8.42 Å². The van der Waals surface area contributed by atoms with Crippen molar-refractivity contribution in [2.75, 3.05) is 11.5 Å². The highest BCUT2D eigenvalue weighted by molar-refractivity contribution is 7.91. The van der Waals surface area contributed by atoms with Crippen molar-refractivity contribution in [1.29, 1.82) is 0 Å². The molecule has 0 aromatic heterocycles. The molecule has 1 aliphatic heterocycles. The molecule has 1 rings (SSSR count). The molecule has 0 aromatic rings. The van der Waals surface area contributed by atoms with Gasteiger partial charge in [-0.1, -0.05) is 13.8 Å². The van der Waals surface area contributed by atoms with Gasteiger partial charge in [0.25, 0.3) is 0 Å². The van der Waals surface area contributed by atoms with Crippen molar-refractivity contribution in [1.82, 2.24) is 0 Å². The molecule has 4 heteroatoms. The molecule has 78 valence electrons. The molecule has 0 bridgehead atoms. The predicted octanol–water partition coefficient (Wildman–Crippen LogP) is 2.07. The topological polar surface area (TPSA) is 34.1 Å². The summed E-state index contributed by atoms with van der Waals surface area (Å²) in [6.45, 7) is 4.22. The minimum Gasteiger partial charge on any atom is -0.229 e. The maximum absolute atomic E-state index is 11.2. The Hall–Kier alpha value is 0.240. The molecular formula is C9H17ClO2S. The van der Waals surface area contributed by atoms with E-state index in [1.165, 1.54) is 0 Å². The molecule has 0 spiro atoms. The summed E-state index contributed by atoms with van der Waals surface area (Å²) in [5.74, 6) is 1.37. The molecule has 2 nitrogen and oxygen atoms in total. The molecule has 13 heavy (non-hydrogen) atoms. The molecule has 0 N–H and O–H groups in total. The van der Waals surface area contributed by atoms with Crippen molar-refractivity contribution >= 4 is 21.4 Å². The van der Waals surface area contributed by atoms with Crippen LogP contribution < -0.4 is 0 Å². The van der Waals surface area contributed by atoms with E-state index in [0.29, 0.717) is 17.4 Å². The second-order valence-corrected chi connectivity index (χ2v) is 7.10. The van der Waals surface area contributed by atoms with Crippen molar-refractivity contribution in [2.45, 2.75) is 32.1 Å². The Morgan fingerprint density at radius 3 is 2.46 bits per heavy atom. The van der Waals surface area contributed by atoms with Gasteiger partial charge in [0, 0.05) is 5.38 Å². The third-order valence-electron chi connectivity index (χ3n) is 2.48. The first-order chi connectivity index (χ1) is 5.91. The molecule has 0 radical (unpaired) electrons. The summed E-state index contributed by atoms with van der Waals surface area (Å²) in [6, 6.07) is 0. The molecule has 2 unspecified atom stereocenters. The van der Waals surface area contributed by atoms with Gasteiger partial charge in [-0.15, -0.1) is 11.6 Å². The van der Waals surface area contributed by atoms with Crippen molar-refractivity contribution in [3.05, 3.63) is 0 Å². The minimum absolute atomic E-state index is 0.0391. The fourth-order valence-electron chi connectivity index (χ4n) is 1.75. The molecule has 0 amide bonds. The maximum atomic E-state index is 11.2. The minimum atomic E-state index is -2.76. The Morgan fingerprint density at radius 1 is 1.46 bits per heavy atom. The van der Waals surface area contributed by atoms with E-state index in [1.54, 1.807) is 0 Å². The largest absolute Gasteiger partial charge is 0.229 e. The van der Waals surface area contributed by atoms with Crippen LogP contribution in [0, 0.1) is 11.8 Å². The lowest BCUT2D eigenvalue weighted by molar-refractivity contribution is 0.464. The van der Waals surface area contributed by atoms with Gasteiger partial charge in [-0.25, -0.2) is 8.42 Å². The third-order valence-corrected chi connectivity index (χ3v) is 4.80. The first kappa shape index (κ1) is 11.3. The van der Waals surface area contributed by atoms with Gasteiger partial charge >= 0.3 is 0 Å². The van der Waals surface area contributed by atoms with Crippen LogP contribution in [0.15, 0.2) is 0 Å². The summed E-state index contributed by atoms with van der Waals surface area (Å²) < 4.78 is 22.3. The van der Waals surface area contributed by atoms with E-state index < -0.39 is 9.84 Å². The molecule has 1 aliphatic rings. The van der Waals surface area contributed by atoms with Crippen molar-refractivity contribution < 1.29 is 8.42 Å². The second kappa shape index (κ2) is 4.18. The Labute approximate surface area is 85.6 Å². The average molecular weight is 225 g/mol. The van der Waals surface area contributed by atoms with Crippen LogP contribution in [0.3, 0.4) is 0 Å². The Bertz CT molecular complexity index is 259. The first-order valence-electron chi connectivity index (χ1n) is 4.75. The van der Waals surface area contributed by atoms with E-state index in [0.717, 1.165) is 12.8 Å². The van der Waals surface area contributed by atoms with Gasteiger partial charge in [0.15, 0.2) is 9.84 Å². The zero-order valence-electron chi connectivity index (χ0n) is 8.16. The number of hydrogen-bond donors (Lipinski definition) is 0. The number of hydrogen-bond acceptors (Lipinski definition) is 2. The zero-order valence-corrected chi connectivity index (χ0v) is 9.74. The molecule has 0 aromatic carbocycles. The lowest BCUT2D eigenvalue weighted by Crippen LogP contribution is -2.18. The van der Waals surface area contributed by atoms with E-state index >= 15 is 0 Å². The van der Waals surface area contributed by atoms with Crippen LogP contribution in [0.4, 0.5) is 0 Å². The van der Waals surface area contributed by atoms with Crippen LogP contribution >= 0.6 is 11.6 Å². The van der Waals surface area contributed by atoms with Crippen molar-refractivity contribution in [2.24, 2.45) is 11.8 Å². The number of alkyl halides is 1. The van der Waals surface area contributed by atoms with E-state index in [1.807, 2.05) is 0 Å². The monoisotopic (exact) mass is 224 g/mol. The molecule has 0 saturated carbocycles. The molecule has 1 heterocycles. The highest BCUT2D eigenvalue weighted by Crippen LogP contribution is 2.28. The predicted molar refractivity (Wildman–Crippen MR) is 55.9 cm³/mol. The van der Waals surface area contributed by atoms with E-state index in [2.05, 4.69) is 13.8 Å². The first-order valence-corrected chi connectivity index (χ1v) is 7.01. The molecule has 2 atom stereocenters. The zero-order chi connectivity index (χ0) is 10.1. The van der Waals surface area contributed by atoms with Gasteiger partial charge < -0.3 is 0 Å². The number of rotatable bonds is 3. The van der Waals surface area contributed by atoms with Crippen LogP contribution in [0.2, 0.25) is 0 Å². The SMILES string of the molecule is CC(C)CC(Cl)C1CCS(=O)(=O)C1. The van der Waals surface area contributed by atoms with Gasteiger partial charge in [-0.3, -0.25) is 0 Å². The Balaban J connectivity index is 2.47. The van der Waals surface area contributed by atoms with Crippen molar-refractivity contribution in [3.63, 3.8) is 0 Å². The average Bonchev–Trinajstić information content (AvgIpc) is 2.28. The normalized spacial score (nSPS) is 29.4. The van der Waals surface area contributed by atoms with Gasteiger partial charge in [0.2, 0.25) is 0 Å². The highest BCUT2D eigenvalue weighted by atomic mass is 35.5. The molecule has 0 aliphatic carbocycles. The van der Waals surface area contributed by atoms with Crippen LogP contribution in [-0.4, -0.2) is 25.3 Å². The van der Waals surface area contributed by atoms with Crippen LogP contribution in [0.1, 0.15) is 26.7 Å². The summed E-state index contributed by atoms with van der Waals surface area (Å²) >= 11 is 6.14. The van der Waals surface area contributed by atoms with Crippen LogP contribution in [-0.2, 0) is 9.84 Å². The smallest absolute Gasteiger partial charge is 0.150 e. The second-order valence-electron chi connectivity index (χ2n) is 4.31. The number of sulfone groups is 1. The van der Waals surface area contributed by atoms with Crippen molar-refractivity contribution in [3.8, 4) is 0 Å². The number of halogens is 1. The van der Waals surface area contributed by atoms with E-state index in [4.69, 9.17) is 11.6 Å². The summed E-state index contributed by atoms with van der Waals surface area (Å²) in [6.07, 6.45) is 1.67. The fourth-order valence-corrected chi connectivity index (χ4v) is 4.31. The summed E-state index contributed by atoms with van der Waals surface area (Å²) in [5.41, 5.74) is 0. The van der Waals surface area contributed by atoms with Gasteiger partial charge in [-0.05, 0) is 24.7 Å². The lowest BCUT2D eigenvalue weighted by atomic mass is 9.97. The standard InChI is InChI=1S/C9H17ClO2S/c1-7(2)5-9(10)8-3-4-13(11,12)6-8/h7-9H,3-6H2,1-2H3.